The Morgan fingerprint density at radius 1 is 1.21 bits per heavy atom. The summed E-state index contributed by atoms with van der Waals surface area (Å²) in [6, 6.07) is 7.89. The highest BCUT2D eigenvalue weighted by Gasteiger charge is 2.33. The number of anilines is 1. The van der Waals surface area contributed by atoms with Gasteiger partial charge in [-0.2, -0.15) is 0 Å². The van der Waals surface area contributed by atoms with Gasteiger partial charge >= 0.3 is 5.97 Å². The summed E-state index contributed by atoms with van der Waals surface area (Å²) in [4.78, 5) is 16.1. The molecule has 0 saturated carbocycles. The number of carbonyl (C=O) groups is 1. The molecule has 0 aromatic heterocycles. The highest BCUT2D eigenvalue weighted by molar-refractivity contribution is 6.30. The van der Waals surface area contributed by atoms with Crippen LogP contribution in [-0.4, -0.2) is 49.7 Å². The summed E-state index contributed by atoms with van der Waals surface area (Å²) in [6.45, 7) is 4.20. The summed E-state index contributed by atoms with van der Waals surface area (Å²) >= 11 is 6.02. The van der Waals surface area contributed by atoms with Crippen molar-refractivity contribution in [2.45, 2.75) is 12.5 Å². The Hall–Kier alpha value is -1.26. The number of cyclic esters (lactones) is 1. The summed E-state index contributed by atoms with van der Waals surface area (Å²) in [5.41, 5.74) is 1.15. The van der Waals surface area contributed by atoms with Crippen LogP contribution in [-0.2, 0) is 9.53 Å². The zero-order chi connectivity index (χ0) is 13.2. The number of hydrogen-bond acceptors (Lipinski definition) is 4. The predicted octanol–water partition coefficient (Wildman–Crippen LogP) is 1.78. The molecule has 102 valence electrons. The fourth-order valence-electron chi connectivity index (χ4n) is 2.78. The second kappa shape index (κ2) is 5.39. The molecule has 2 aliphatic rings. The number of carbonyl (C=O) groups excluding carboxylic acids is 1. The number of halogens is 1. The SMILES string of the molecule is O=C1OCCC1N1CCN(c2cccc(Cl)c2)CC1. The lowest BCUT2D eigenvalue weighted by atomic mass is 10.1. The van der Waals surface area contributed by atoms with Crippen LogP contribution in [0.5, 0.6) is 0 Å². The van der Waals surface area contributed by atoms with E-state index in [1.165, 1.54) is 0 Å². The molecule has 0 N–H and O–H groups in total. The number of benzene rings is 1. The first-order valence-electron chi connectivity index (χ1n) is 6.65. The summed E-state index contributed by atoms with van der Waals surface area (Å²) in [6.07, 6.45) is 0.829. The standard InChI is InChI=1S/C14H17ClN2O2/c15-11-2-1-3-12(10-11)16-5-7-17(8-6-16)13-4-9-19-14(13)18/h1-3,10,13H,4-9H2. The predicted molar refractivity (Wildman–Crippen MR) is 74.6 cm³/mol. The lowest BCUT2D eigenvalue weighted by molar-refractivity contribution is -0.142. The minimum atomic E-state index is -0.0591. The van der Waals surface area contributed by atoms with Crippen molar-refractivity contribution in [2.24, 2.45) is 0 Å². The Morgan fingerprint density at radius 2 is 2.00 bits per heavy atom. The summed E-state index contributed by atoms with van der Waals surface area (Å²) in [7, 11) is 0. The minimum absolute atomic E-state index is 0.0264. The molecule has 2 saturated heterocycles. The van der Waals surface area contributed by atoms with E-state index in [9.17, 15) is 4.79 Å². The number of ether oxygens (including phenoxy) is 1. The van der Waals surface area contributed by atoms with Gasteiger partial charge in [-0.1, -0.05) is 17.7 Å². The molecule has 0 spiro atoms. The van der Waals surface area contributed by atoms with E-state index >= 15 is 0 Å². The molecule has 1 unspecified atom stereocenters. The van der Waals surface area contributed by atoms with Crippen LogP contribution < -0.4 is 4.90 Å². The number of piperazine rings is 1. The van der Waals surface area contributed by atoms with Crippen molar-refractivity contribution in [1.82, 2.24) is 4.90 Å². The van der Waals surface area contributed by atoms with Gasteiger partial charge in [0, 0.05) is 43.3 Å². The maximum Gasteiger partial charge on any atom is 0.323 e. The van der Waals surface area contributed by atoms with Crippen LogP contribution in [0.2, 0.25) is 5.02 Å². The van der Waals surface area contributed by atoms with Gasteiger partial charge in [0.05, 0.1) is 6.61 Å². The third kappa shape index (κ3) is 2.69. The van der Waals surface area contributed by atoms with Gasteiger partial charge in [0.25, 0.3) is 0 Å². The first kappa shape index (κ1) is 12.8. The molecular weight excluding hydrogens is 264 g/mol. The Labute approximate surface area is 117 Å². The average Bonchev–Trinajstić information content (AvgIpc) is 2.85. The molecule has 1 aromatic rings. The van der Waals surface area contributed by atoms with Gasteiger partial charge in [0.2, 0.25) is 0 Å². The Bertz CT molecular complexity index is 472. The maximum absolute atomic E-state index is 11.6. The van der Waals surface area contributed by atoms with Gasteiger partial charge in [-0.3, -0.25) is 9.69 Å². The molecule has 3 rings (SSSR count). The topological polar surface area (TPSA) is 32.8 Å². The van der Waals surface area contributed by atoms with Crippen LogP contribution in [0.1, 0.15) is 6.42 Å². The summed E-state index contributed by atoms with van der Waals surface area (Å²) in [5.74, 6) is -0.0591. The number of nitrogens with zero attached hydrogens (tertiary/aromatic N) is 2. The average molecular weight is 281 g/mol. The van der Waals surface area contributed by atoms with Crippen LogP contribution in [0.25, 0.3) is 0 Å². The van der Waals surface area contributed by atoms with E-state index < -0.39 is 0 Å². The molecule has 0 bridgehead atoms. The lowest BCUT2D eigenvalue weighted by Crippen LogP contribution is -2.51. The molecule has 0 radical (unpaired) electrons. The normalized spacial score (nSPS) is 24.6. The van der Waals surface area contributed by atoms with E-state index in [-0.39, 0.29) is 12.0 Å². The van der Waals surface area contributed by atoms with Gasteiger partial charge in [-0.25, -0.2) is 0 Å². The van der Waals surface area contributed by atoms with Crippen molar-refractivity contribution in [1.29, 1.82) is 0 Å². The van der Waals surface area contributed by atoms with Crippen LogP contribution in [0.15, 0.2) is 24.3 Å². The molecule has 5 heteroatoms. The summed E-state index contributed by atoms with van der Waals surface area (Å²) < 4.78 is 5.03. The van der Waals surface area contributed by atoms with Crippen molar-refractivity contribution >= 4 is 23.3 Å². The fourth-order valence-corrected chi connectivity index (χ4v) is 2.97. The van der Waals surface area contributed by atoms with E-state index in [0.717, 1.165) is 43.3 Å². The minimum Gasteiger partial charge on any atom is -0.464 e. The second-order valence-electron chi connectivity index (χ2n) is 4.97. The van der Waals surface area contributed by atoms with E-state index in [1.807, 2.05) is 18.2 Å². The Morgan fingerprint density at radius 3 is 2.63 bits per heavy atom. The number of hydrogen-bond donors (Lipinski definition) is 0. The van der Waals surface area contributed by atoms with Crippen molar-refractivity contribution < 1.29 is 9.53 Å². The fraction of sp³-hybridized carbons (Fsp3) is 0.500. The van der Waals surface area contributed by atoms with Crippen molar-refractivity contribution in [3.63, 3.8) is 0 Å². The second-order valence-corrected chi connectivity index (χ2v) is 5.41. The summed E-state index contributed by atoms with van der Waals surface area (Å²) in [5, 5.41) is 0.763. The molecule has 1 atom stereocenters. The molecule has 0 aliphatic carbocycles. The number of esters is 1. The third-order valence-corrected chi connectivity index (χ3v) is 4.07. The van der Waals surface area contributed by atoms with E-state index in [2.05, 4.69) is 15.9 Å². The van der Waals surface area contributed by atoms with Gasteiger partial charge in [0.15, 0.2) is 0 Å². The highest BCUT2D eigenvalue weighted by Crippen LogP contribution is 2.22. The third-order valence-electron chi connectivity index (χ3n) is 3.84. The van der Waals surface area contributed by atoms with Crippen molar-refractivity contribution in [3.8, 4) is 0 Å². The zero-order valence-electron chi connectivity index (χ0n) is 10.7. The van der Waals surface area contributed by atoms with Gasteiger partial charge in [0.1, 0.15) is 6.04 Å². The Balaban J connectivity index is 1.61. The largest absolute Gasteiger partial charge is 0.464 e. The molecule has 2 aliphatic heterocycles. The monoisotopic (exact) mass is 280 g/mol. The van der Waals surface area contributed by atoms with Gasteiger partial charge in [-0.15, -0.1) is 0 Å². The van der Waals surface area contributed by atoms with E-state index in [4.69, 9.17) is 16.3 Å². The van der Waals surface area contributed by atoms with E-state index in [0.29, 0.717) is 6.61 Å². The molecule has 4 nitrogen and oxygen atoms in total. The first-order valence-corrected chi connectivity index (χ1v) is 7.03. The molecule has 2 fully saturated rings. The smallest absolute Gasteiger partial charge is 0.323 e. The molecule has 2 heterocycles. The van der Waals surface area contributed by atoms with Crippen molar-refractivity contribution in [3.05, 3.63) is 29.3 Å². The molecule has 1 aromatic carbocycles. The van der Waals surface area contributed by atoms with Crippen LogP contribution >= 0.6 is 11.6 Å². The van der Waals surface area contributed by atoms with E-state index in [1.54, 1.807) is 0 Å². The van der Waals surface area contributed by atoms with Gasteiger partial charge < -0.3 is 9.64 Å². The molecular formula is C14H17ClN2O2. The van der Waals surface area contributed by atoms with Gasteiger partial charge in [-0.05, 0) is 18.2 Å². The van der Waals surface area contributed by atoms with Crippen LogP contribution in [0, 0.1) is 0 Å². The highest BCUT2D eigenvalue weighted by atomic mass is 35.5. The van der Waals surface area contributed by atoms with Crippen LogP contribution in [0.4, 0.5) is 5.69 Å². The molecule has 0 amide bonds. The quantitative estimate of drug-likeness (QED) is 0.773. The molecule has 19 heavy (non-hydrogen) atoms. The lowest BCUT2D eigenvalue weighted by Gasteiger charge is -2.37. The Kier molecular flexibility index (Phi) is 3.62. The maximum atomic E-state index is 11.6. The first-order chi connectivity index (χ1) is 9.24. The zero-order valence-corrected chi connectivity index (χ0v) is 11.5. The van der Waals surface area contributed by atoms with Crippen LogP contribution in [0.3, 0.4) is 0 Å². The van der Waals surface area contributed by atoms with Crippen molar-refractivity contribution in [2.75, 3.05) is 37.7 Å². The number of rotatable bonds is 2.